The average Bonchev–Trinajstić information content (AvgIpc) is 2.86. The van der Waals surface area contributed by atoms with Crippen molar-refractivity contribution in [3.63, 3.8) is 0 Å². The predicted molar refractivity (Wildman–Crippen MR) is 86.9 cm³/mol. The van der Waals surface area contributed by atoms with Crippen molar-refractivity contribution in [2.24, 2.45) is 0 Å². The fraction of sp³-hybridized carbons (Fsp3) is 0.625. The molecule has 0 bridgehead atoms. The monoisotopic (exact) mass is 324 g/mol. The van der Waals surface area contributed by atoms with E-state index in [0.29, 0.717) is 18.1 Å². The van der Waals surface area contributed by atoms with Crippen LogP contribution in [0.3, 0.4) is 0 Å². The van der Waals surface area contributed by atoms with Crippen LogP contribution in [0.5, 0.6) is 0 Å². The van der Waals surface area contributed by atoms with E-state index in [1.54, 1.807) is 17.3 Å². The lowest BCUT2D eigenvalue weighted by atomic mass is 10.2. The van der Waals surface area contributed by atoms with Crippen LogP contribution in [0.25, 0.3) is 0 Å². The van der Waals surface area contributed by atoms with Crippen molar-refractivity contribution in [3.05, 3.63) is 30.1 Å². The number of pyridine rings is 1. The van der Waals surface area contributed by atoms with Gasteiger partial charge in [0, 0.05) is 41.5 Å². The van der Waals surface area contributed by atoms with Crippen molar-refractivity contribution >= 4 is 16.9 Å². The lowest BCUT2D eigenvalue weighted by molar-refractivity contribution is 0.0241. The van der Waals surface area contributed by atoms with E-state index in [4.69, 9.17) is 4.74 Å². The summed E-state index contributed by atoms with van der Waals surface area (Å²) >= 11 is 0. The van der Waals surface area contributed by atoms with Gasteiger partial charge < -0.3 is 9.64 Å². The first-order valence-corrected chi connectivity index (χ1v) is 9.07. The molecule has 0 aromatic carbocycles. The summed E-state index contributed by atoms with van der Waals surface area (Å²) in [7, 11) is -1.01. The predicted octanol–water partition coefficient (Wildman–Crippen LogP) is 2.73. The first kappa shape index (κ1) is 16.9. The van der Waals surface area contributed by atoms with Gasteiger partial charge in [0.1, 0.15) is 5.60 Å². The van der Waals surface area contributed by atoms with Crippen LogP contribution in [-0.4, -0.2) is 44.1 Å². The van der Waals surface area contributed by atoms with Gasteiger partial charge in [0.15, 0.2) is 0 Å². The molecule has 6 heteroatoms. The minimum Gasteiger partial charge on any atom is -0.444 e. The molecule has 2 heterocycles. The van der Waals surface area contributed by atoms with E-state index in [1.807, 2.05) is 32.9 Å². The number of hydrogen-bond acceptors (Lipinski definition) is 4. The van der Waals surface area contributed by atoms with E-state index < -0.39 is 16.4 Å². The number of carbonyl (C=O) groups is 1. The summed E-state index contributed by atoms with van der Waals surface area (Å²) in [5, 5.41) is 0. The van der Waals surface area contributed by atoms with Gasteiger partial charge in [0.25, 0.3) is 0 Å². The summed E-state index contributed by atoms with van der Waals surface area (Å²) in [4.78, 5) is 18.0. The zero-order valence-corrected chi connectivity index (χ0v) is 14.3. The lowest BCUT2D eigenvalue weighted by Crippen LogP contribution is -2.42. The van der Waals surface area contributed by atoms with Crippen molar-refractivity contribution in [1.29, 1.82) is 0 Å². The standard InChI is InChI=1S/C16H24N2O3S/c1-16(2,3)21-15(19)18-9-5-7-14(18)12-22(20)11-13-6-4-8-17-10-13/h4,6,8,10,14H,5,7,9,11-12H2,1-3H3/t14-,22-/m0/s1. The molecule has 5 nitrogen and oxygen atoms in total. The van der Waals surface area contributed by atoms with Crippen molar-refractivity contribution < 1.29 is 13.7 Å². The molecule has 0 N–H and O–H groups in total. The maximum absolute atomic E-state index is 12.3. The zero-order valence-electron chi connectivity index (χ0n) is 13.4. The maximum atomic E-state index is 12.3. The molecule has 1 aromatic heterocycles. The van der Waals surface area contributed by atoms with Crippen molar-refractivity contribution in [3.8, 4) is 0 Å². The smallest absolute Gasteiger partial charge is 0.410 e. The Bertz CT molecular complexity index is 528. The van der Waals surface area contributed by atoms with Gasteiger partial charge in [-0.3, -0.25) is 9.19 Å². The molecule has 1 aliphatic heterocycles. The zero-order chi connectivity index (χ0) is 16.2. The summed E-state index contributed by atoms with van der Waals surface area (Å²) in [6, 6.07) is 3.77. The molecule has 1 amide bonds. The van der Waals surface area contributed by atoms with Crippen LogP contribution < -0.4 is 0 Å². The second kappa shape index (κ2) is 7.22. The first-order valence-electron chi connectivity index (χ1n) is 7.58. The van der Waals surface area contributed by atoms with Gasteiger partial charge >= 0.3 is 6.09 Å². The van der Waals surface area contributed by atoms with Crippen LogP contribution in [0.4, 0.5) is 4.79 Å². The number of nitrogens with zero attached hydrogens (tertiary/aromatic N) is 2. The van der Waals surface area contributed by atoms with Crippen molar-refractivity contribution in [1.82, 2.24) is 9.88 Å². The molecular formula is C16H24N2O3S. The van der Waals surface area contributed by atoms with Crippen LogP contribution in [-0.2, 0) is 21.3 Å². The molecule has 2 rings (SSSR count). The number of amides is 1. The third kappa shape index (κ3) is 5.09. The van der Waals surface area contributed by atoms with Gasteiger partial charge in [0.2, 0.25) is 0 Å². The van der Waals surface area contributed by atoms with E-state index >= 15 is 0 Å². The summed E-state index contributed by atoms with van der Waals surface area (Å²) in [6.45, 7) is 6.26. The highest BCUT2D eigenvalue weighted by atomic mass is 32.2. The topological polar surface area (TPSA) is 59.5 Å². The maximum Gasteiger partial charge on any atom is 0.410 e. The molecule has 1 aromatic rings. The Morgan fingerprint density at radius 1 is 1.50 bits per heavy atom. The molecule has 1 fully saturated rings. The van der Waals surface area contributed by atoms with Gasteiger partial charge in [-0.15, -0.1) is 0 Å². The lowest BCUT2D eigenvalue weighted by Gasteiger charge is -2.28. The second-order valence-corrected chi connectivity index (χ2v) is 8.08. The Hall–Kier alpha value is -1.43. The Morgan fingerprint density at radius 2 is 2.27 bits per heavy atom. The number of rotatable bonds is 4. The van der Waals surface area contributed by atoms with Crippen LogP contribution in [0.15, 0.2) is 24.5 Å². The molecule has 1 aliphatic rings. The third-order valence-corrected chi connectivity index (χ3v) is 4.85. The molecule has 2 atom stereocenters. The van der Waals surface area contributed by atoms with Crippen LogP contribution in [0.1, 0.15) is 39.2 Å². The fourth-order valence-electron chi connectivity index (χ4n) is 2.51. The molecule has 1 saturated heterocycles. The molecule has 22 heavy (non-hydrogen) atoms. The quantitative estimate of drug-likeness (QED) is 0.854. The molecular weight excluding hydrogens is 300 g/mol. The number of ether oxygens (including phenoxy) is 1. The summed E-state index contributed by atoms with van der Waals surface area (Å²) in [5.41, 5.74) is 0.460. The van der Waals surface area contributed by atoms with E-state index in [0.717, 1.165) is 18.4 Å². The number of carbonyl (C=O) groups excluding carboxylic acids is 1. The first-order chi connectivity index (χ1) is 10.3. The molecule has 0 unspecified atom stereocenters. The van der Waals surface area contributed by atoms with E-state index in [-0.39, 0.29) is 12.1 Å². The van der Waals surface area contributed by atoms with Gasteiger partial charge in [-0.2, -0.15) is 0 Å². The number of likely N-dealkylation sites (tertiary alicyclic amines) is 1. The number of hydrogen-bond donors (Lipinski definition) is 0. The van der Waals surface area contributed by atoms with Crippen LogP contribution in [0, 0.1) is 0 Å². The van der Waals surface area contributed by atoms with E-state index in [9.17, 15) is 9.00 Å². The highest BCUT2D eigenvalue weighted by Gasteiger charge is 2.33. The highest BCUT2D eigenvalue weighted by molar-refractivity contribution is 7.84. The van der Waals surface area contributed by atoms with Gasteiger partial charge in [-0.25, -0.2) is 4.79 Å². The van der Waals surface area contributed by atoms with Gasteiger partial charge in [0.05, 0.1) is 5.75 Å². The molecule has 0 radical (unpaired) electrons. The minimum absolute atomic E-state index is 0.00681. The molecule has 122 valence electrons. The molecule has 0 saturated carbocycles. The summed E-state index contributed by atoms with van der Waals surface area (Å²) in [5.74, 6) is 0.973. The second-order valence-electron chi connectivity index (χ2n) is 6.58. The summed E-state index contributed by atoms with van der Waals surface area (Å²) < 4.78 is 17.8. The van der Waals surface area contributed by atoms with Crippen LogP contribution >= 0.6 is 0 Å². The molecule has 0 spiro atoms. The minimum atomic E-state index is -1.01. The number of aromatic nitrogens is 1. The molecule has 0 aliphatic carbocycles. The Morgan fingerprint density at radius 3 is 2.91 bits per heavy atom. The van der Waals surface area contributed by atoms with E-state index in [1.165, 1.54) is 0 Å². The van der Waals surface area contributed by atoms with E-state index in [2.05, 4.69) is 4.98 Å². The average molecular weight is 324 g/mol. The third-order valence-electron chi connectivity index (χ3n) is 3.43. The normalized spacial score (nSPS) is 20.0. The Kier molecular flexibility index (Phi) is 5.56. The largest absolute Gasteiger partial charge is 0.444 e. The van der Waals surface area contributed by atoms with Crippen molar-refractivity contribution in [2.75, 3.05) is 12.3 Å². The van der Waals surface area contributed by atoms with Gasteiger partial charge in [-0.05, 0) is 45.2 Å². The SMILES string of the molecule is CC(C)(C)OC(=O)N1CCC[C@H]1C[S@@](=O)Cc1cccnc1. The van der Waals surface area contributed by atoms with Crippen LogP contribution in [0.2, 0.25) is 0 Å². The van der Waals surface area contributed by atoms with Gasteiger partial charge in [-0.1, -0.05) is 6.07 Å². The Labute approximate surface area is 134 Å². The Balaban J connectivity index is 1.91. The van der Waals surface area contributed by atoms with Crippen molar-refractivity contribution in [2.45, 2.75) is 51.0 Å². The summed E-state index contributed by atoms with van der Waals surface area (Å²) in [6.07, 6.45) is 4.96. The highest BCUT2D eigenvalue weighted by Crippen LogP contribution is 2.22. The fourth-order valence-corrected chi connectivity index (χ4v) is 3.95.